The number of amides is 1. The van der Waals surface area contributed by atoms with Gasteiger partial charge in [-0.2, -0.15) is 0 Å². The predicted octanol–water partition coefficient (Wildman–Crippen LogP) is 2.78. The van der Waals surface area contributed by atoms with Crippen molar-refractivity contribution in [1.82, 2.24) is 9.88 Å². The Kier molecular flexibility index (Phi) is 6.19. The molecule has 0 radical (unpaired) electrons. The number of carbonyl (C=O) groups excluding carboxylic acids is 1. The first-order chi connectivity index (χ1) is 8.74. The van der Waals surface area contributed by atoms with Crippen LogP contribution >= 0.6 is 0 Å². The first kappa shape index (κ1) is 14.5. The van der Waals surface area contributed by atoms with Crippen molar-refractivity contribution >= 4 is 11.6 Å². The van der Waals surface area contributed by atoms with Gasteiger partial charge in [0.05, 0.1) is 17.4 Å². The molecule has 0 unspecified atom stereocenters. The highest BCUT2D eigenvalue weighted by atomic mass is 16.2. The molecular weight excluding hydrogens is 226 g/mol. The average molecular weight is 249 g/mol. The van der Waals surface area contributed by atoms with Gasteiger partial charge in [0.1, 0.15) is 0 Å². The lowest BCUT2D eigenvalue weighted by Gasteiger charge is -2.21. The molecular formula is C14H23N3O. The van der Waals surface area contributed by atoms with Crippen molar-refractivity contribution in [1.29, 1.82) is 0 Å². The maximum absolute atomic E-state index is 12.4. The van der Waals surface area contributed by atoms with Gasteiger partial charge in [0.2, 0.25) is 0 Å². The fourth-order valence-electron chi connectivity index (χ4n) is 1.83. The van der Waals surface area contributed by atoms with Crippen molar-refractivity contribution in [2.75, 3.05) is 25.0 Å². The van der Waals surface area contributed by atoms with Crippen LogP contribution in [-0.4, -0.2) is 35.4 Å². The topological polar surface area (TPSA) is 45.2 Å². The third-order valence-corrected chi connectivity index (χ3v) is 2.78. The van der Waals surface area contributed by atoms with Crippen molar-refractivity contribution in [2.24, 2.45) is 0 Å². The fraction of sp³-hybridized carbons (Fsp3) is 0.571. The number of nitrogens with zero attached hydrogens (tertiary/aromatic N) is 2. The molecule has 0 spiro atoms. The minimum absolute atomic E-state index is 0.0837. The number of nitrogens with one attached hydrogen (secondary N) is 1. The number of anilines is 1. The van der Waals surface area contributed by atoms with Crippen LogP contribution in [0, 0.1) is 0 Å². The lowest BCUT2D eigenvalue weighted by atomic mass is 10.2. The molecule has 0 saturated carbocycles. The first-order valence-corrected chi connectivity index (χ1v) is 6.71. The molecule has 1 N–H and O–H groups in total. The molecule has 0 aliphatic heterocycles. The second-order valence-corrected chi connectivity index (χ2v) is 4.23. The van der Waals surface area contributed by atoms with Gasteiger partial charge >= 0.3 is 0 Å². The molecule has 4 heteroatoms. The molecule has 1 rings (SSSR count). The zero-order valence-electron chi connectivity index (χ0n) is 11.6. The Balaban J connectivity index is 2.89. The monoisotopic (exact) mass is 249 g/mol. The van der Waals surface area contributed by atoms with Gasteiger partial charge in [-0.1, -0.05) is 13.8 Å². The second-order valence-electron chi connectivity index (χ2n) is 4.23. The molecule has 0 aliphatic carbocycles. The van der Waals surface area contributed by atoms with Gasteiger partial charge in [0, 0.05) is 25.8 Å². The fourth-order valence-corrected chi connectivity index (χ4v) is 1.83. The summed E-state index contributed by atoms with van der Waals surface area (Å²) in [4.78, 5) is 18.4. The van der Waals surface area contributed by atoms with E-state index in [-0.39, 0.29) is 5.91 Å². The smallest absolute Gasteiger partial charge is 0.256 e. The zero-order chi connectivity index (χ0) is 13.4. The van der Waals surface area contributed by atoms with Crippen LogP contribution in [0.4, 0.5) is 5.69 Å². The van der Waals surface area contributed by atoms with Crippen molar-refractivity contribution in [3.05, 3.63) is 24.0 Å². The van der Waals surface area contributed by atoms with Crippen molar-refractivity contribution in [3.63, 3.8) is 0 Å². The summed E-state index contributed by atoms with van der Waals surface area (Å²) in [6.07, 6.45) is 5.39. The number of pyridine rings is 1. The molecule has 1 heterocycles. The van der Waals surface area contributed by atoms with Crippen LogP contribution < -0.4 is 5.32 Å². The highest BCUT2D eigenvalue weighted by Crippen LogP contribution is 2.16. The Hall–Kier alpha value is -1.58. The van der Waals surface area contributed by atoms with Crippen molar-refractivity contribution < 1.29 is 4.79 Å². The van der Waals surface area contributed by atoms with Gasteiger partial charge in [-0.15, -0.1) is 0 Å². The summed E-state index contributed by atoms with van der Waals surface area (Å²) in [7, 11) is 0. The van der Waals surface area contributed by atoms with E-state index in [2.05, 4.69) is 24.1 Å². The third kappa shape index (κ3) is 3.72. The molecule has 0 aromatic carbocycles. The highest BCUT2D eigenvalue weighted by molar-refractivity contribution is 5.99. The molecule has 18 heavy (non-hydrogen) atoms. The van der Waals surface area contributed by atoms with Crippen LogP contribution in [0.1, 0.15) is 44.0 Å². The van der Waals surface area contributed by atoms with Crippen LogP contribution in [0.2, 0.25) is 0 Å². The summed E-state index contributed by atoms with van der Waals surface area (Å²) in [6, 6.07) is 1.79. The van der Waals surface area contributed by atoms with Gasteiger partial charge < -0.3 is 10.2 Å². The van der Waals surface area contributed by atoms with E-state index >= 15 is 0 Å². The lowest BCUT2D eigenvalue weighted by molar-refractivity contribution is 0.0765. The Morgan fingerprint density at radius 1 is 1.33 bits per heavy atom. The number of hydrogen-bond acceptors (Lipinski definition) is 3. The standard InChI is InChI=1S/C14H23N3O/c1-4-8-16-13-11-15-9-7-12(13)14(18)17(6-3)10-5-2/h7,9,11,16H,4-6,8,10H2,1-3H3. The van der Waals surface area contributed by atoms with Crippen molar-refractivity contribution in [3.8, 4) is 0 Å². The van der Waals surface area contributed by atoms with Gasteiger partial charge in [0.15, 0.2) is 0 Å². The van der Waals surface area contributed by atoms with E-state index in [4.69, 9.17) is 0 Å². The van der Waals surface area contributed by atoms with E-state index in [1.54, 1.807) is 18.5 Å². The Morgan fingerprint density at radius 3 is 2.72 bits per heavy atom. The van der Waals surface area contributed by atoms with E-state index < -0.39 is 0 Å². The summed E-state index contributed by atoms with van der Waals surface area (Å²) in [6.45, 7) is 8.58. The average Bonchev–Trinajstić information content (AvgIpc) is 2.42. The molecule has 4 nitrogen and oxygen atoms in total. The van der Waals surface area contributed by atoms with E-state index in [0.717, 1.165) is 38.2 Å². The molecule has 0 saturated heterocycles. The van der Waals surface area contributed by atoms with Crippen molar-refractivity contribution in [2.45, 2.75) is 33.6 Å². The Labute approximate surface area is 109 Å². The number of hydrogen-bond donors (Lipinski definition) is 1. The molecule has 1 aromatic heterocycles. The maximum Gasteiger partial charge on any atom is 0.256 e. The van der Waals surface area contributed by atoms with Gasteiger partial charge in [-0.25, -0.2) is 0 Å². The zero-order valence-corrected chi connectivity index (χ0v) is 11.6. The minimum atomic E-state index is 0.0837. The predicted molar refractivity (Wildman–Crippen MR) is 74.9 cm³/mol. The lowest BCUT2D eigenvalue weighted by Crippen LogP contribution is -2.32. The third-order valence-electron chi connectivity index (χ3n) is 2.78. The van der Waals surface area contributed by atoms with E-state index in [0.29, 0.717) is 5.56 Å². The number of rotatable bonds is 7. The summed E-state index contributed by atoms with van der Waals surface area (Å²) in [5.41, 5.74) is 1.55. The summed E-state index contributed by atoms with van der Waals surface area (Å²) in [5.74, 6) is 0.0837. The molecule has 0 atom stereocenters. The molecule has 0 fully saturated rings. The quantitative estimate of drug-likeness (QED) is 0.808. The molecule has 0 aliphatic rings. The second kappa shape index (κ2) is 7.69. The van der Waals surface area contributed by atoms with E-state index in [1.807, 2.05) is 11.8 Å². The van der Waals surface area contributed by atoms with Gasteiger partial charge in [-0.3, -0.25) is 9.78 Å². The SMILES string of the molecule is CCCNc1cnccc1C(=O)N(CC)CCC. The summed E-state index contributed by atoms with van der Waals surface area (Å²) >= 11 is 0. The summed E-state index contributed by atoms with van der Waals surface area (Å²) in [5, 5.41) is 3.25. The summed E-state index contributed by atoms with van der Waals surface area (Å²) < 4.78 is 0. The Morgan fingerprint density at radius 2 is 2.11 bits per heavy atom. The maximum atomic E-state index is 12.4. The number of aromatic nitrogens is 1. The van der Waals surface area contributed by atoms with Crippen LogP contribution in [-0.2, 0) is 0 Å². The van der Waals surface area contributed by atoms with Crippen LogP contribution in [0.5, 0.6) is 0 Å². The molecule has 100 valence electrons. The molecule has 1 amide bonds. The van der Waals surface area contributed by atoms with Crippen LogP contribution in [0.15, 0.2) is 18.5 Å². The first-order valence-electron chi connectivity index (χ1n) is 6.71. The normalized spacial score (nSPS) is 10.2. The van der Waals surface area contributed by atoms with E-state index in [1.165, 1.54) is 0 Å². The largest absolute Gasteiger partial charge is 0.383 e. The van der Waals surface area contributed by atoms with Crippen LogP contribution in [0.25, 0.3) is 0 Å². The Bertz CT molecular complexity index is 379. The van der Waals surface area contributed by atoms with Crippen LogP contribution in [0.3, 0.4) is 0 Å². The van der Waals surface area contributed by atoms with E-state index in [9.17, 15) is 4.79 Å². The minimum Gasteiger partial charge on any atom is -0.383 e. The van der Waals surface area contributed by atoms with Gasteiger partial charge in [0.25, 0.3) is 5.91 Å². The van der Waals surface area contributed by atoms with Gasteiger partial charge in [-0.05, 0) is 25.8 Å². The number of carbonyl (C=O) groups is 1. The molecule has 1 aromatic rings. The molecule has 0 bridgehead atoms. The highest BCUT2D eigenvalue weighted by Gasteiger charge is 2.16.